The summed E-state index contributed by atoms with van der Waals surface area (Å²) in [5.41, 5.74) is 8.63. The number of nitrogens with two attached hydrogens (primary N) is 1. The summed E-state index contributed by atoms with van der Waals surface area (Å²) in [7, 11) is 0. The van der Waals surface area contributed by atoms with E-state index in [4.69, 9.17) is 5.73 Å². The number of nitrogens with one attached hydrogen (secondary N) is 1. The molecule has 1 saturated heterocycles. The van der Waals surface area contributed by atoms with Crippen LogP contribution in [0.15, 0.2) is 24.3 Å². The van der Waals surface area contributed by atoms with E-state index in [-0.39, 0.29) is 11.9 Å². The molecule has 1 aliphatic heterocycles. The molecular formula is C16H25N3O. The highest BCUT2D eigenvalue weighted by Gasteiger charge is 2.26. The molecule has 3 N–H and O–H groups in total. The molecule has 20 heavy (non-hydrogen) atoms. The predicted octanol–water partition coefficient (Wildman–Crippen LogP) is 1.60. The van der Waals surface area contributed by atoms with E-state index < -0.39 is 0 Å². The fraction of sp³-hybridized carbons (Fsp3) is 0.562. The number of rotatable bonds is 4. The van der Waals surface area contributed by atoms with E-state index in [1.807, 2.05) is 0 Å². The quantitative estimate of drug-likeness (QED) is 0.877. The van der Waals surface area contributed by atoms with Crippen molar-refractivity contribution in [2.75, 3.05) is 19.6 Å². The molecule has 0 bridgehead atoms. The number of hydrogen-bond donors (Lipinski definition) is 2. The number of carbonyl (C=O) groups excluding carboxylic acids is 1. The lowest BCUT2D eigenvalue weighted by Crippen LogP contribution is -2.46. The van der Waals surface area contributed by atoms with Crippen LogP contribution < -0.4 is 11.1 Å². The van der Waals surface area contributed by atoms with E-state index in [0.29, 0.717) is 12.6 Å². The summed E-state index contributed by atoms with van der Waals surface area (Å²) in [6.45, 7) is 6.34. The van der Waals surface area contributed by atoms with Gasteiger partial charge in [0, 0.05) is 38.6 Å². The zero-order valence-corrected chi connectivity index (χ0v) is 12.4. The topological polar surface area (TPSA) is 58.4 Å². The van der Waals surface area contributed by atoms with Gasteiger partial charge in [0.05, 0.1) is 0 Å². The molecule has 0 saturated carbocycles. The van der Waals surface area contributed by atoms with Gasteiger partial charge in [0.15, 0.2) is 0 Å². The standard InChI is InChI=1S/C16H25N3O/c1-12-5-3-4-6-15(12)16(11-17)19-9-7-14(8-10-19)18-13(2)20/h3-6,14,16H,7-11,17H2,1-2H3,(H,18,20). The molecule has 1 atom stereocenters. The normalized spacial score (nSPS) is 18.8. The van der Waals surface area contributed by atoms with E-state index in [1.165, 1.54) is 11.1 Å². The van der Waals surface area contributed by atoms with Gasteiger partial charge in [-0.1, -0.05) is 24.3 Å². The van der Waals surface area contributed by atoms with Crippen LogP contribution in [0.4, 0.5) is 0 Å². The molecule has 0 spiro atoms. The SMILES string of the molecule is CC(=O)NC1CCN(C(CN)c2ccccc2C)CC1. The van der Waals surface area contributed by atoms with Gasteiger partial charge in [-0.25, -0.2) is 0 Å². The predicted molar refractivity (Wildman–Crippen MR) is 81.4 cm³/mol. The molecule has 0 radical (unpaired) electrons. The number of benzene rings is 1. The molecule has 1 amide bonds. The summed E-state index contributed by atoms with van der Waals surface area (Å²) in [6.07, 6.45) is 2.00. The van der Waals surface area contributed by atoms with Gasteiger partial charge in [-0.05, 0) is 30.9 Å². The van der Waals surface area contributed by atoms with Gasteiger partial charge in [0.25, 0.3) is 0 Å². The molecule has 1 unspecified atom stereocenters. The molecule has 1 heterocycles. The molecule has 2 rings (SSSR count). The molecule has 110 valence electrons. The van der Waals surface area contributed by atoms with Crippen LogP contribution in [0, 0.1) is 6.92 Å². The number of piperidine rings is 1. The van der Waals surface area contributed by atoms with Gasteiger partial charge in [-0.2, -0.15) is 0 Å². The minimum absolute atomic E-state index is 0.0673. The average molecular weight is 275 g/mol. The average Bonchev–Trinajstić information content (AvgIpc) is 2.43. The molecule has 0 aliphatic carbocycles. The second kappa shape index (κ2) is 6.86. The van der Waals surface area contributed by atoms with Gasteiger partial charge in [-0.3, -0.25) is 9.69 Å². The van der Waals surface area contributed by atoms with Gasteiger partial charge < -0.3 is 11.1 Å². The number of carbonyl (C=O) groups is 1. The molecule has 1 aromatic rings. The third kappa shape index (κ3) is 3.58. The molecule has 0 aromatic heterocycles. The summed E-state index contributed by atoms with van der Waals surface area (Å²) in [6, 6.07) is 9.06. The summed E-state index contributed by atoms with van der Waals surface area (Å²) >= 11 is 0. The van der Waals surface area contributed by atoms with Crippen LogP contribution in [0.25, 0.3) is 0 Å². The Bertz CT molecular complexity index is 453. The van der Waals surface area contributed by atoms with Crippen molar-refractivity contribution in [3.8, 4) is 0 Å². The van der Waals surface area contributed by atoms with Crippen molar-refractivity contribution < 1.29 is 4.79 Å². The first kappa shape index (κ1) is 15.0. The molecule has 4 nitrogen and oxygen atoms in total. The van der Waals surface area contributed by atoms with Crippen molar-refractivity contribution in [2.24, 2.45) is 5.73 Å². The zero-order chi connectivity index (χ0) is 14.5. The van der Waals surface area contributed by atoms with Crippen molar-refractivity contribution in [3.05, 3.63) is 35.4 Å². The first-order chi connectivity index (χ1) is 9.61. The summed E-state index contributed by atoms with van der Waals surface area (Å²) in [5.74, 6) is 0.0673. The number of amides is 1. The van der Waals surface area contributed by atoms with E-state index in [0.717, 1.165) is 25.9 Å². The summed E-state index contributed by atoms with van der Waals surface area (Å²) in [4.78, 5) is 13.6. The fourth-order valence-corrected chi connectivity index (χ4v) is 3.08. The maximum atomic E-state index is 11.1. The second-order valence-corrected chi connectivity index (χ2v) is 5.62. The smallest absolute Gasteiger partial charge is 0.217 e. The molecule has 1 aliphatic rings. The van der Waals surface area contributed by atoms with Gasteiger partial charge in [0.1, 0.15) is 0 Å². The van der Waals surface area contributed by atoms with Gasteiger partial charge in [0.2, 0.25) is 5.91 Å². The number of hydrogen-bond acceptors (Lipinski definition) is 3. The largest absolute Gasteiger partial charge is 0.354 e. The Morgan fingerprint density at radius 2 is 2.05 bits per heavy atom. The molecule has 4 heteroatoms. The molecular weight excluding hydrogens is 250 g/mol. The highest BCUT2D eigenvalue weighted by Crippen LogP contribution is 2.26. The van der Waals surface area contributed by atoms with Crippen molar-refractivity contribution in [2.45, 2.75) is 38.8 Å². The Hall–Kier alpha value is -1.39. The van der Waals surface area contributed by atoms with Crippen molar-refractivity contribution >= 4 is 5.91 Å². The summed E-state index contributed by atoms with van der Waals surface area (Å²) < 4.78 is 0. The Morgan fingerprint density at radius 3 is 2.60 bits per heavy atom. The highest BCUT2D eigenvalue weighted by molar-refractivity contribution is 5.73. The first-order valence-electron chi connectivity index (χ1n) is 7.38. The Balaban J connectivity index is 2.01. The Morgan fingerprint density at radius 1 is 1.40 bits per heavy atom. The van der Waals surface area contributed by atoms with Crippen molar-refractivity contribution in [1.29, 1.82) is 0 Å². The van der Waals surface area contributed by atoms with E-state index >= 15 is 0 Å². The van der Waals surface area contributed by atoms with E-state index in [1.54, 1.807) is 6.92 Å². The summed E-state index contributed by atoms with van der Waals surface area (Å²) in [5, 5.41) is 3.01. The monoisotopic (exact) mass is 275 g/mol. The lowest BCUT2D eigenvalue weighted by atomic mass is 9.96. The maximum absolute atomic E-state index is 11.1. The van der Waals surface area contributed by atoms with Crippen LogP contribution >= 0.6 is 0 Å². The molecule has 1 fully saturated rings. The lowest BCUT2D eigenvalue weighted by Gasteiger charge is -2.38. The van der Waals surface area contributed by atoms with Crippen LogP contribution in [-0.2, 0) is 4.79 Å². The zero-order valence-electron chi connectivity index (χ0n) is 12.4. The van der Waals surface area contributed by atoms with Crippen LogP contribution in [0.2, 0.25) is 0 Å². The Kier molecular flexibility index (Phi) is 5.15. The lowest BCUT2D eigenvalue weighted by molar-refractivity contribution is -0.120. The van der Waals surface area contributed by atoms with Crippen molar-refractivity contribution in [1.82, 2.24) is 10.2 Å². The number of likely N-dealkylation sites (tertiary alicyclic amines) is 1. The highest BCUT2D eigenvalue weighted by atomic mass is 16.1. The van der Waals surface area contributed by atoms with Crippen LogP contribution in [0.3, 0.4) is 0 Å². The number of aryl methyl sites for hydroxylation is 1. The number of nitrogens with zero attached hydrogens (tertiary/aromatic N) is 1. The third-order valence-electron chi connectivity index (χ3n) is 4.15. The van der Waals surface area contributed by atoms with Gasteiger partial charge >= 0.3 is 0 Å². The van der Waals surface area contributed by atoms with E-state index in [9.17, 15) is 4.79 Å². The maximum Gasteiger partial charge on any atom is 0.217 e. The second-order valence-electron chi connectivity index (χ2n) is 5.62. The molecule has 1 aromatic carbocycles. The van der Waals surface area contributed by atoms with Crippen LogP contribution in [0.5, 0.6) is 0 Å². The Labute approximate surface area is 121 Å². The third-order valence-corrected chi connectivity index (χ3v) is 4.15. The minimum atomic E-state index is 0.0673. The first-order valence-corrected chi connectivity index (χ1v) is 7.38. The van der Waals surface area contributed by atoms with E-state index in [2.05, 4.69) is 41.4 Å². The fourth-order valence-electron chi connectivity index (χ4n) is 3.08. The van der Waals surface area contributed by atoms with Crippen molar-refractivity contribution in [3.63, 3.8) is 0 Å². The minimum Gasteiger partial charge on any atom is -0.354 e. The van der Waals surface area contributed by atoms with Gasteiger partial charge in [-0.15, -0.1) is 0 Å². The van der Waals surface area contributed by atoms with Crippen LogP contribution in [0.1, 0.15) is 36.9 Å². The van der Waals surface area contributed by atoms with Crippen LogP contribution in [-0.4, -0.2) is 36.5 Å².